The Bertz CT molecular complexity index is 639. The normalized spacial score (nSPS) is 13.8. The molecule has 2 unspecified atom stereocenters. The van der Waals surface area contributed by atoms with E-state index in [1.807, 2.05) is 51.1 Å². The fourth-order valence-corrected chi connectivity index (χ4v) is 2.33. The van der Waals surface area contributed by atoms with Crippen LogP contribution in [0.3, 0.4) is 0 Å². The van der Waals surface area contributed by atoms with Gasteiger partial charge in [-0.1, -0.05) is 38.1 Å². The van der Waals surface area contributed by atoms with E-state index in [4.69, 9.17) is 9.47 Å². The van der Waals surface area contributed by atoms with E-state index in [2.05, 4.69) is 0 Å². The molecule has 0 amide bonds. The average molecular weight is 318 g/mol. The Kier molecular flexibility index (Phi) is 6.25. The zero-order valence-corrected chi connectivity index (χ0v) is 14.1. The van der Waals surface area contributed by atoms with Gasteiger partial charge in [0.15, 0.2) is 0 Å². The van der Waals surface area contributed by atoms with Crippen LogP contribution < -0.4 is 9.47 Å². The molecular formula is C19H26O4. The van der Waals surface area contributed by atoms with Crippen molar-refractivity contribution < 1.29 is 19.7 Å². The van der Waals surface area contributed by atoms with Crippen LogP contribution in [0, 0.1) is 6.92 Å². The van der Waals surface area contributed by atoms with Crippen molar-refractivity contribution in [1.29, 1.82) is 0 Å². The number of ether oxygens (including phenoxy) is 2. The number of rotatable bonds is 8. The molecule has 0 aromatic heterocycles. The number of benzene rings is 2. The van der Waals surface area contributed by atoms with Crippen LogP contribution in [0.15, 0.2) is 30.3 Å². The smallest absolute Gasteiger partial charge is 0.130 e. The number of fused-ring (bicyclic) bond motifs is 1. The summed E-state index contributed by atoms with van der Waals surface area (Å²) >= 11 is 0. The van der Waals surface area contributed by atoms with Gasteiger partial charge in [0.25, 0.3) is 0 Å². The highest BCUT2D eigenvalue weighted by Crippen LogP contribution is 2.35. The fourth-order valence-electron chi connectivity index (χ4n) is 2.33. The van der Waals surface area contributed by atoms with E-state index in [-0.39, 0.29) is 13.2 Å². The molecule has 4 nitrogen and oxygen atoms in total. The Balaban J connectivity index is 2.31. The first-order valence-corrected chi connectivity index (χ1v) is 8.20. The molecule has 0 aliphatic heterocycles. The average Bonchev–Trinajstić information content (AvgIpc) is 2.58. The third kappa shape index (κ3) is 4.36. The van der Waals surface area contributed by atoms with Crippen LogP contribution in [0.5, 0.6) is 11.5 Å². The minimum absolute atomic E-state index is 0.272. The van der Waals surface area contributed by atoms with Crippen LogP contribution in [-0.2, 0) is 0 Å². The Morgan fingerprint density at radius 2 is 1.52 bits per heavy atom. The van der Waals surface area contributed by atoms with Gasteiger partial charge < -0.3 is 19.7 Å². The van der Waals surface area contributed by atoms with E-state index in [1.54, 1.807) is 0 Å². The van der Waals surface area contributed by atoms with E-state index >= 15 is 0 Å². The number of hydrogen-bond donors (Lipinski definition) is 2. The summed E-state index contributed by atoms with van der Waals surface area (Å²) in [5.74, 6) is 1.51. The molecule has 4 heteroatoms. The molecule has 2 aromatic rings. The van der Waals surface area contributed by atoms with Crippen LogP contribution in [0.25, 0.3) is 10.8 Å². The van der Waals surface area contributed by atoms with Crippen molar-refractivity contribution in [2.75, 3.05) is 13.2 Å². The van der Waals surface area contributed by atoms with Gasteiger partial charge in [0, 0.05) is 10.8 Å². The van der Waals surface area contributed by atoms with E-state index in [1.165, 1.54) is 0 Å². The van der Waals surface area contributed by atoms with Crippen molar-refractivity contribution in [2.45, 2.75) is 45.8 Å². The Hall–Kier alpha value is -1.78. The molecule has 0 aliphatic rings. The van der Waals surface area contributed by atoms with Crippen molar-refractivity contribution in [3.63, 3.8) is 0 Å². The summed E-state index contributed by atoms with van der Waals surface area (Å²) in [5.41, 5.74) is 1.02. The van der Waals surface area contributed by atoms with Gasteiger partial charge in [-0.15, -0.1) is 0 Å². The van der Waals surface area contributed by atoms with Gasteiger partial charge >= 0.3 is 0 Å². The number of hydrogen-bond acceptors (Lipinski definition) is 4. The summed E-state index contributed by atoms with van der Waals surface area (Å²) in [7, 11) is 0. The molecule has 0 saturated carbocycles. The van der Waals surface area contributed by atoms with E-state index in [9.17, 15) is 10.2 Å². The van der Waals surface area contributed by atoms with E-state index < -0.39 is 12.2 Å². The predicted octanol–water partition coefficient (Wildman–Crippen LogP) is 3.45. The van der Waals surface area contributed by atoms with Gasteiger partial charge in [0.1, 0.15) is 24.7 Å². The molecule has 0 spiro atoms. The molecular weight excluding hydrogens is 292 g/mol. The molecule has 126 valence electrons. The van der Waals surface area contributed by atoms with Crippen LogP contribution in [0.2, 0.25) is 0 Å². The minimum Gasteiger partial charge on any atom is -0.490 e. The fraction of sp³-hybridized carbons (Fsp3) is 0.474. The monoisotopic (exact) mass is 318 g/mol. The summed E-state index contributed by atoms with van der Waals surface area (Å²) in [6.07, 6.45) is 0.384. The largest absolute Gasteiger partial charge is 0.490 e. The summed E-state index contributed by atoms with van der Waals surface area (Å²) < 4.78 is 11.6. The molecule has 0 aliphatic carbocycles. The summed E-state index contributed by atoms with van der Waals surface area (Å²) in [5, 5.41) is 21.3. The molecule has 0 radical (unpaired) electrons. The molecule has 0 bridgehead atoms. The van der Waals surface area contributed by atoms with Gasteiger partial charge in [-0.05, 0) is 31.4 Å². The summed E-state index contributed by atoms with van der Waals surface area (Å²) in [6, 6.07) is 9.78. The van der Waals surface area contributed by atoms with Crippen LogP contribution in [-0.4, -0.2) is 35.6 Å². The van der Waals surface area contributed by atoms with Crippen LogP contribution in [0.4, 0.5) is 0 Å². The molecule has 2 aromatic carbocycles. The van der Waals surface area contributed by atoms with Crippen molar-refractivity contribution in [3.8, 4) is 11.5 Å². The highest BCUT2D eigenvalue weighted by molar-refractivity contribution is 5.94. The molecule has 2 rings (SSSR count). The summed E-state index contributed by atoms with van der Waals surface area (Å²) in [4.78, 5) is 0. The van der Waals surface area contributed by atoms with Crippen molar-refractivity contribution >= 4 is 10.8 Å². The Labute approximate surface area is 137 Å². The second kappa shape index (κ2) is 8.18. The van der Waals surface area contributed by atoms with Crippen molar-refractivity contribution in [2.24, 2.45) is 0 Å². The lowest BCUT2D eigenvalue weighted by Gasteiger charge is -2.17. The first kappa shape index (κ1) is 17.6. The van der Waals surface area contributed by atoms with Crippen LogP contribution in [0.1, 0.15) is 32.3 Å². The Morgan fingerprint density at radius 1 is 0.870 bits per heavy atom. The van der Waals surface area contributed by atoms with E-state index in [0.29, 0.717) is 12.8 Å². The van der Waals surface area contributed by atoms with Crippen LogP contribution >= 0.6 is 0 Å². The SMILES string of the molecule is CCC(O)COc1cccc2c(OCC(O)CC)c(C)ccc12. The molecule has 0 saturated heterocycles. The zero-order valence-electron chi connectivity index (χ0n) is 14.1. The molecule has 0 heterocycles. The first-order chi connectivity index (χ1) is 11.1. The van der Waals surface area contributed by atoms with Gasteiger partial charge in [-0.25, -0.2) is 0 Å². The lowest BCUT2D eigenvalue weighted by Crippen LogP contribution is -2.17. The van der Waals surface area contributed by atoms with Gasteiger partial charge in [0.2, 0.25) is 0 Å². The maximum absolute atomic E-state index is 9.73. The third-order valence-electron chi connectivity index (χ3n) is 3.96. The Morgan fingerprint density at radius 3 is 2.17 bits per heavy atom. The minimum atomic E-state index is -0.469. The summed E-state index contributed by atoms with van der Waals surface area (Å²) in [6.45, 7) is 6.38. The lowest BCUT2D eigenvalue weighted by molar-refractivity contribution is 0.104. The number of aliphatic hydroxyl groups excluding tert-OH is 2. The quantitative estimate of drug-likeness (QED) is 0.783. The lowest BCUT2D eigenvalue weighted by atomic mass is 10.1. The number of aliphatic hydroxyl groups is 2. The standard InChI is InChI=1S/C19H26O4/c1-4-14(20)11-22-18-8-6-7-17-16(18)10-9-13(3)19(17)23-12-15(21)5-2/h6-10,14-15,20-21H,4-5,11-12H2,1-3H3. The molecule has 2 N–H and O–H groups in total. The number of aryl methyl sites for hydroxylation is 1. The second-order valence-electron chi connectivity index (χ2n) is 5.81. The zero-order chi connectivity index (χ0) is 16.8. The third-order valence-corrected chi connectivity index (χ3v) is 3.96. The highest BCUT2D eigenvalue weighted by Gasteiger charge is 2.12. The van der Waals surface area contributed by atoms with E-state index in [0.717, 1.165) is 27.8 Å². The van der Waals surface area contributed by atoms with Gasteiger partial charge in [-0.3, -0.25) is 0 Å². The molecule has 0 fully saturated rings. The first-order valence-electron chi connectivity index (χ1n) is 8.20. The maximum atomic E-state index is 9.73. The molecule has 2 atom stereocenters. The predicted molar refractivity (Wildman–Crippen MR) is 92.3 cm³/mol. The van der Waals surface area contributed by atoms with Gasteiger partial charge in [-0.2, -0.15) is 0 Å². The highest BCUT2D eigenvalue weighted by atomic mass is 16.5. The van der Waals surface area contributed by atoms with Crippen molar-refractivity contribution in [1.82, 2.24) is 0 Å². The second-order valence-corrected chi connectivity index (χ2v) is 5.81. The topological polar surface area (TPSA) is 58.9 Å². The van der Waals surface area contributed by atoms with Crippen molar-refractivity contribution in [3.05, 3.63) is 35.9 Å². The molecule has 23 heavy (non-hydrogen) atoms. The van der Waals surface area contributed by atoms with Gasteiger partial charge in [0.05, 0.1) is 12.2 Å². The maximum Gasteiger partial charge on any atom is 0.130 e.